The first-order valence-corrected chi connectivity index (χ1v) is 6.57. The van der Waals surface area contributed by atoms with Crippen LogP contribution in [0.3, 0.4) is 0 Å². The Morgan fingerprint density at radius 3 is 2.88 bits per heavy atom. The van der Waals surface area contributed by atoms with Gasteiger partial charge in [-0.05, 0) is 68.5 Å². The Hall–Kier alpha value is -0.540. The van der Waals surface area contributed by atoms with Gasteiger partial charge in [-0.3, -0.25) is 0 Å². The minimum absolute atomic E-state index is 0.449. The topological polar surface area (TPSA) is 32.3 Å². The maximum absolute atomic E-state index is 10.0. The lowest BCUT2D eigenvalue weighted by atomic mass is 9.93. The maximum Gasteiger partial charge on any atom is 0.119 e. The quantitative estimate of drug-likeness (QED) is 0.875. The average molecular weight is 284 g/mol. The van der Waals surface area contributed by atoms with E-state index in [1.165, 1.54) is 12.0 Å². The normalized spacial score (nSPS) is 20.3. The van der Waals surface area contributed by atoms with Crippen molar-refractivity contribution in [2.45, 2.75) is 26.7 Å². The van der Waals surface area contributed by atoms with Crippen molar-refractivity contribution < 1.29 is 5.11 Å². The highest BCUT2D eigenvalue weighted by Crippen LogP contribution is 2.33. The monoisotopic (exact) mass is 283 g/mol. The van der Waals surface area contributed by atoms with Crippen LogP contribution < -0.4 is 5.32 Å². The summed E-state index contributed by atoms with van der Waals surface area (Å²) in [4.78, 5) is 0. The van der Waals surface area contributed by atoms with Crippen LogP contribution in [0, 0.1) is 19.8 Å². The zero-order chi connectivity index (χ0) is 11.7. The van der Waals surface area contributed by atoms with Gasteiger partial charge in [-0.1, -0.05) is 15.9 Å². The molecule has 1 aromatic carbocycles. The van der Waals surface area contributed by atoms with Gasteiger partial charge < -0.3 is 10.4 Å². The molecule has 3 heteroatoms. The van der Waals surface area contributed by atoms with E-state index in [4.69, 9.17) is 0 Å². The number of phenols is 1. The first kappa shape index (κ1) is 11.9. The molecule has 0 spiro atoms. The molecule has 1 aliphatic heterocycles. The van der Waals surface area contributed by atoms with Gasteiger partial charge in [0.1, 0.15) is 5.75 Å². The summed E-state index contributed by atoms with van der Waals surface area (Å²) in [5.74, 6) is 1.12. The summed E-state index contributed by atoms with van der Waals surface area (Å²) in [5.41, 5.74) is 3.39. The van der Waals surface area contributed by atoms with Crippen LogP contribution in [0.1, 0.15) is 23.1 Å². The summed E-state index contributed by atoms with van der Waals surface area (Å²) in [6, 6.07) is 1.86. The molecule has 1 heterocycles. The van der Waals surface area contributed by atoms with Crippen molar-refractivity contribution >= 4 is 15.9 Å². The van der Waals surface area contributed by atoms with Crippen molar-refractivity contribution in [1.29, 1.82) is 0 Å². The van der Waals surface area contributed by atoms with Crippen LogP contribution in [0.4, 0.5) is 0 Å². The predicted octanol–water partition coefficient (Wildman–Crippen LogP) is 2.92. The standard InChI is InChI=1S/C13H18BrNO/c1-8-5-12(16)11(9(2)13(8)14)6-10-3-4-15-7-10/h5,10,15-16H,3-4,6-7H2,1-2H3. The lowest BCUT2D eigenvalue weighted by molar-refractivity contribution is 0.457. The summed E-state index contributed by atoms with van der Waals surface area (Å²) >= 11 is 3.59. The molecule has 1 aromatic rings. The molecule has 1 unspecified atom stereocenters. The summed E-state index contributed by atoms with van der Waals surface area (Å²) in [5, 5.41) is 13.4. The molecule has 16 heavy (non-hydrogen) atoms. The van der Waals surface area contributed by atoms with E-state index in [0.29, 0.717) is 11.7 Å². The molecule has 1 aliphatic rings. The second kappa shape index (κ2) is 4.76. The van der Waals surface area contributed by atoms with E-state index in [1.807, 2.05) is 13.0 Å². The smallest absolute Gasteiger partial charge is 0.119 e. The van der Waals surface area contributed by atoms with Crippen LogP contribution in [0.25, 0.3) is 0 Å². The molecule has 0 saturated carbocycles. The number of rotatable bonds is 2. The molecule has 0 radical (unpaired) electrons. The number of halogens is 1. The molecule has 0 aliphatic carbocycles. The van der Waals surface area contributed by atoms with Gasteiger partial charge in [-0.25, -0.2) is 0 Å². The summed E-state index contributed by atoms with van der Waals surface area (Å²) in [7, 11) is 0. The van der Waals surface area contributed by atoms with Gasteiger partial charge in [0.05, 0.1) is 0 Å². The Kier molecular flexibility index (Phi) is 3.55. The molecular weight excluding hydrogens is 266 g/mol. The molecule has 88 valence electrons. The highest BCUT2D eigenvalue weighted by molar-refractivity contribution is 9.10. The minimum Gasteiger partial charge on any atom is -0.508 e. The SMILES string of the molecule is Cc1cc(O)c(CC2CCNC2)c(C)c1Br. The number of aromatic hydroxyl groups is 1. The molecule has 1 saturated heterocycles. The van der Waals surface area contributed by atoms with Crippen molar-refractivity contribution in [3.05, 3.63) is 27.2 Å². The summed E-state index contributed by atoms with van der Waals surface area (Å²) < 4.78 is 1.13. The van der Waals surface area contributed by atoms with E-state index >= 15 is 0 Å². The molecule has 0 bridgehead atoms. The highest BCUT2D eigenvalue weighted by Gasteiger charge is 2.19. The van der Waals surface area contributed by atoms with Gasteiger partial charge in [0.15, 0.2) is 0 Å². The number of hydrogen-bond acceptors (Lipinski definition) is 2. The van der Waals surface area contributed by atoms with Gasteiger partial charge in [0.25, 0.3) is 0 Å². The number of hydrogen-bond donors (Lipinski definition) is 2. The Morgan fingerprint density at radius 1 is 1.50 bits per heavy atom. The van der Waals surface area contributed by atoms with E-state index in [9.17, 15) is 5.11 Å². The number of nitrogens with one attached hydrogen (secondary N) is 1. The van der Waals surface area contributed by atoms with Crippen molar-refractivity contribution in [2.24, 2.45) is 5.92 Å². The number of phenolic OH excluding ortho intramolecular Hbond substituents is 1. The summed E-state index contributed by atoms with van der Waals surface area (Å²) in [6.07, 6.45) is 2.19. The lowest BCUT2D eigenvalue weighted by Gasteiger charge is -2.15. The van der Waals surface area contributed by atoms with E-state index < -0.39 is 0 Å². The molecule has 1 atom stereocenters. The zero-order valence-corrected chi connectivity index (χ0v) is 11.4. The fraction of sp³-hybridized carbons (Fsp3) is 0.538. The van der Waals surface area contributed by atoms with Crippen LogP contribution in [-0.4, -0.2) is 18.2 Å². The molecule has 2 nitrogen and oxygen atoms in total. The van der Waals surface area contributed by atoms with Gasteiger partial charge in [-0.15, -0.1) is 0 Å². The van der Waals surface area contributed by atoms with E-state index in [0.717, 1.165) is 35.1 Å². The Labute approximate surface area is 105 Å². The van der Waals surface area contributed by atoms with E-state index in [1.54, 1.807) is 0 Å². The third-order valence-electron chi connectivity index (χ3n) is 3.45. The molecule has 2 rings (SSSR count). The van der Waals surface area contributed by atoms with Crippen molar-refractivity contribution in [3.63, 3.8) is 0 Å². The first-order valence-electron chi connectivity index (χ1n) is 5.78. The highest BCUT2D eigenvalue weighted by atomic mass is 79.9. The zero-order valence-electron chi connectivity index (χ0n) is 9.81. The second-order valence-electron chi connectivity index (χ2n) is 4.69. The number of aryl methyl sites for hydroxylation is 1. The van der Waals surface area contributed by atoms with Crippen LogP contribution >= 0.6 is 15.9 Å². The Morgan fingerprint density at radius 2 is 2.25 bits per heavy atom. The van der Waals surface area contributed by atoms with Crippen LogP contribution in [0.5, 0.6) is 5.75 Å². The minimum atomic E-state index is 0.449. The van der Waals surface area contributed by atoms with Crippen molar-refractivity contribution in [3.8, 4) is 5.75 Å². The number of benzene rings is 1. The largest absolute Gasteiger partial charge is 0.508 e. The van der Waals surface area contributed by atoms with Crippen molar-refractivity contribution in [2.75, 3.05) is 13.1 Å². The second-order valence-corrected chi connectivity index (χ2v) is 5.49. The third-order valence-corrected chi connectivity index (χ3v) is 4.67. The van der Waals surface area contributed by atoms with Crippen LogP contribution in [0.2, 0.25) is 0 Å². The molecule has 0 aromatic heterocycles. The van der Waals surface area contributed by atoms with Gasteiger partial charge in [0.2, 0.25) is 0 Å². The molecule has 0 amide bonds. The Bertz CT molecular complexity index is 397. The van der Waals surface area contributed by atoms with Crippen LogP contribution in [0.15, 0.2) is 10.5 Å². The molecule has 1 fully saturated rings. The van der Waals surface area contributed by atoms with Crippen molar-refractivity contribution in [1.82, 2.24) is 5.32 Å². The van der Waals surface area contributed by atoms with Gasteiger partial charge in [0, 0.05) is 4.47 Å². The van der Waals surface area contributed by atoms with Gasteiger partial charge in [-0.2, -0.15) is 0 Å². The average Bonchev–Trinajstić information content (AvgIpc) is 2.74. The lowest BCUT2D eigenvalue weighted by Crippen LogP contribution is -2.11. The van der Waals surface area contributed by atoms with E-state index in [2.05, 4.69) is 28.2 Å². The summed E-state index contributed by atoms with van der Waals surface area (Å²) in [6.45, 7) is 6.27. The fourth-order valence-corrected chi connectivity index (χ4v) is 2.76. The maximum atomic E-state index is 10.0. The predicted molar refractivity (Wildman–Crippen MR) is 70.0 cm³/mol. The Balaban J connectivity index is 2.28. The third kappa shape index (κ3) is 2.25. The van der Waals surface area contributed by atoms with Gasteiger partial charge >= 0.3 is 0 Å². The van der Waals surface area contributed by atoms with E-state index in [-0.39, 0.29) is 0 Å². The first-order chi connectivity index (χ1) is 7.59. The molecule has 2 N–H and O–H groups in total. The molecular formula is C13H18BrNO. The van der Waals surface area contributed by atoms with Crippen LogP contribution in [-0.2, 0) is 6.42 Å². The fourth-order valence-electron chi connectivity index (χ4n) is 2.41.